The van der Waals surface area contributed by atoms with E-state index in [0.29, 0.717) is 17.3 Å². The van der Waals surface area contributed by atoms with E-state index in [4.69, 9.17) is 10.1 Å². The lowest BCUT2D eigenvalue weighted by atomic mass is 10.2. The molecular weight excluding hydrogens is 460 g/mol. The van der Waals surface area contributed by atoms with E-state index in [0.717, 1.165) is 35.0 Å². The van der Waals surface area contributed by atoms with Crippen molar-refractivity contribution >= 4 is 55.4 Å². The first-order chi connectivity index (χ1) is 15.8. The van der Waals surface area contributed by atoms with Crippen molar-refractivity contribution in [2.45, 2.75) is 48.5 Å². The molecule has 3 N–H and O–H groups in total. The summed E-state index contributed by atoms with van der Waals surface area (Å²) in [5.41, 5.74) is 3.04. The molecule has 9 nitrogen and oxygen atoms in total. The molecule has 0 saturated heterocycles. The predicted molar refractivity (Wildman–Crippen MR) is 130 cm³/mol. The van der Waals surface area contributed by atoms with Gasteiger partial charge in [-0.25, -0.2) is 18.5 Å². The Kier molecular flexibility index (Phi) is 6.63. The highest BCUT2D eigenvalue weighted by molar-refractivity contribution is 8.00. The molecule has 1 atom stereocenters. The van der Waals surface area contributed by atoms with Crippen LogP contribution in [0.5, 0.6) is 0 Å². The maximum atomic E-state index is 12.8. The topological polar surface area (TPSA) is 133 Å². The van der Waals surface area contributed by atoms with E-state index in [1.807, 2.05) is 31.2 Å². The molecule has 172 valence electrons. The van der Waals surface area contributed by atoms with Gasteiger partial charge in [-0.1, -0.05) is 43.8 Å². The van der Waals surface area contributed by atoms with Crippen LogP contribution in [-0.4, -0.2) is 39.3 Å². The van der Waals surface area contributed by atoms with Crippen LogP contribution in [0.3, 0.4) is 0 Å². The molecule has 0 aliphatic rings. The van der Waals surface area contributed by atoms with Crippen molar-refractivity contribution < 1.29 is 13.2 Å². The Morgan fingerprint density at radius 1 is 1.12 bits per heavy atom. The second-order valence-electron chi connectivity index (χ2n) is 7.51. The smallest absolute Gasteiger partial charge is 0.238 e. The predicted octanol–water partition coefficient (Wildman–Crippen LogP) is 3.55. The summed E-state index contributed by atoms with van der Waals surface area (Å²) >= 11 is 1.25. The van der Waals surface area contributed by atoms with Gasteiger partial charge in [0.2, 0.25) is 21.1 Å². The molecule has 0 radical (unpaired) electrons. The Balaban J connectivity index is 1.57. The summed E-state index contributed by atoms with van der Waals surface area (Å²) in [5.74, 6) is -0.233. The van der Waals surface area contributed by atoms with Crippen molar-refractivity contribution in [3.8, 4) is 0 Å². The number of hydrogen-bond donors (Lipinski definition) is 2. The first kappa shape index (κ1) is 23.1. The van der Waals surface area contributed by atoms with Gasteiger partial charge in [0.05, 0.1) is 15.7 Å². The van der Waals surface area contributed by atoms with E-state index >= 15 is 0 Å². The maximum absolute atomic E-state index is 12.8. The third-order valence-electron chi connectivity index (χ3n) is 5.16. The number of sulfonamides is 1. The van der Waals surface area contributed by atoms with E-state index in [2.05, 4.69) is 27.0 Å². The number of rotatable bonds is 8. The van der Waals surface area contributed by atoms with Gasteiger partial charge < -0.3 is 9.88 Å². The zero-order valence-electron chi connectivity index (χ0n) is 18.2. The van der Waals surface area contributed by atoms with Crippen LogP contribution in [0, 0.1) is 0 Å². The molecule has 0 aliphatic heterocycles. The van der Waals surface area contributed by atoms with Crippen LogP contribution in [0.2, 0.25) is 0 Å². The Morgan fingerprint density at radius 2 is 1.85 bits per heavy atom. The van der Waals surface area contributed by atoms with Crippen molar-refractivity contribution in [3.63, 3.8) is 0 Å². The maximum Gasteiger partial charge on any atom is 0.238 e. The number of carbonyl (C=O) groups is 1. The molecule has 2 heterocycles. The fraction of sp³-hybridized carbons (Fsp3) is 0.273. The number of aromatic nitrogens is 4. The molecule has 4 rings (SSSR count). The van der Waals surface area contributed by atoms with Crippen LogP contribution in [0.4, 0.5) is 5.69 Å². The summed E-state index contributed by atoms with van der Waals surface area (Å²) in [4.78, 5) is 17.6. The number of anilines is 1. The summed E-state index contributed by atoms with van der Waals surface area (Å²) in [6.45, 7) is 4.82. The first-order valence-electron chi connectivity index (χ1n) is 10.5. The number of para-hydroxylation sites is 1. The minimum atomic E-state index is -3.79. The van der Waals surface area contributed by atoms with Crippen LogP contribution in [0.25, 0.3) is 22.1 Å². The van der Waals surface area contributed by atoms with Gasteiger partial charge in [0.15, 0.2) is 5.65 Å². The van der Waals surface area contributed by atoms with Gasteiger partial charge in [0.1, 0.15) is 5.52 Å². The highest BCUT2D eigenvalue weighted by Crippen LogP contribution is 2.29. The Morgan fingerprint density at radius 3 is 2.52 bits per heavy atom. The normalized spacial score (nSPS) is 12.8. The van der Waals surface area contributed by atoms with Crippen molar-refractivity contribution in [2.24, 2.45) is 5.14 Å². The zero-order chi connectivity index (χ0) is 23.6. The Hall–Kier alpha value is -3.02. The number of nitrogens with two attached hydrogens (primary N) is 1. The summed E-state index contributed by atoms with van der Waals surface area (Å²) in [6.07, 6.45) is 1.50. The molecule has 0 aliphatic carbocycles. The van der Waals surface area contributed by atoms with Gasteiger partial charge >= 0.3 is 0 Å². The summed E-state index contributed by atoms with van der Waals surface area (Å²) in [6, 6.07) is 13.7. The molecule has 11 heteroatoms. The van der Waals surface area contributed by atoms with Gasteiger partial charge in [-0.2, -0.15) is 0 Å². The van der Waals surface area contributed by atoms with Gasteiger partial charge in [-0.15, -0.1) is 10.2 Å². The Bertz CT molecular complexity index is 1420. The zero-order valence-corrected chi connectivity index (χ0v) is 19.9. The van der Waals surface area contributed by atoms with Gasteiger partial charge in [0, 0.05) is 17.6 Å². The average molecular weight is 485 g/mol. The van der Waals surface area contributed by atoms with E-state index in [9.17, 15) is 13.2 Å². The highest BCUT2D eigenvalue weighted by atomic mass is 32.2. The Labute approximate surface area is 195 Å². The largest absolute Gasteiger partial charge is 0.325 e. The van der Waals surface area contributed by atoms with Crippen molar-refractivity contribution in [2.75, 3.05) is 5.32 Å². The third-order valence-corrected chi connectivity index (χ3v) is 7.31. The molecule has 0 saturated carbocycles. The molecule has 4 aromatic rings. The summed E-state index contributed by atoms with van der Waals surface area (Å²) in [7, 11) is -3.79. The number of nitrogens with one attached hydrogen (secondary N) is 1. The van der Waals surface area contributed by atoms with Crippen LogP contribution in [0.1, 0.15) is 26.7 Å². The number of primary sulfonamides is 1. The number of thioether (sulfide) groups is 1. The molecular formula is C22H24N6O3S2. The number of amides is 1. The second-order valence-corrected chi connectivity index (χ2v) is 10.2. The first-order valence-corrected chi connectivity index (χ1v) is 13.0. The standard InChI is InChI=1S/C22H24N6O3S2/c1-3-13-28-17-8-6-5-7-16(17)19-20(28)25-22(27-26-19)32-18(4-2)21(29)24-14-9-11-15(12-10-14)33(23,30)31/h5-12,18H,3-4,13H2,1-2H3,(H,24,29)(H2,23,30,31). The molecule has 1 amide bonds. The molecule has 33 heavy (non-hydrogen) atoms. The van der Waals surface area contributed by atoms with Gasteiger partial charge in [-0.05, 0) is 43.2 Å². The third kappa shape index (κ3) is 4.85. The highest BCUT2D eigenvalue weighted by Gasteiger charge is 2.22. The molecule has 0 spiro atoms. The number of carbonyl (C=O) groups excluding carboxylic acids is 1. The van der Waals surface area contributed by atoms with Crippen molar-refractivity contribution in [1.29, 1.82) is 0 Å². The average Bonchev–Trinajstić information content (AvgIpc) is 3.10. The minimum absolute atomic E-state index is 0.0165. The number of hydrogen-bond acceptors (Lipinski definition) is 7. The molecule has 1 unspecified atom stereocenters. The SMILES string of the molecule is CCCn1c2ccccc2c2nnc(SC(CC)C(=O)Nc3ccc(S(N)(=O)=O)cc3)nc21. The summed E-state index contributed by atoms with van der Waals surface area (Å²) < 4.78 is 24.9. The van der Waals surface area contributed by atoms with E-state index in [-0.39, 0.29) is 10.8 Å². The second kappa shape index (κ2) is 9.46. The molecule has 2 aromatic heterocycles. The lowest BCUT2D eigenvalue weighted by Crippen LogP contribution is -2.25. The molecule has 0 bridgehead atoms. The molecule has 2 aromatic carbocycles. The number of fused-ring (bicyclic) bond motifs is 3. The van der Waals surface area contributed by atoms with Crippen LogP contribution in [0.15, 0.2) is 58.6 Å². The molecule has 0 fully saturated rings. The quantitative estimate of drug-likeness (QED) is 0.365. The fourth-order valence-electron chi connectivity index (χ4n) is 3.59. The van der Waals surface area contributed by atoms with Crippen molar-refractivity contribution in [1.82, 2.24) is 19.7 Å². The van der Waals surface area contributed by atoms with E-state index < -0.39 is 15.3 Å². The van der Waals surface area contributed by atoms with Crippen molar-refractivity contribution in [3.05, 3.63) is 48.5 Å². The van der Waals surface area contributed by atoms with E-state index in [1.165, 1.54) is 36.0 Å². The summed E-state index contributed by atoms with van der Waals surface area (Å²) in [5, 5.41) is 17.6. The lowest BCUT2D eigenvalue weighted by Gasteiger charge is -2.14. The number of aryl methyl sites for hydroxylation is 1. The van der Waals surface area contributed by atoms with Gasteiger partial charge in [-0.3, -0.25) is 4.79 Å². The number of nitrogens with zero attached hydrogens (tertiary/aromatic N) is 4. The monoisotopic (exact) mass is 484 g/mol. The van der Waals surface area contributed by atoms with Crippen LogP contribution < -0.4 is 10.5 Å². The lowest BCUT2D eigenvalue weighted by molar-refractivity contribution is -0.115. The number of benzene rings is 2. The van der Waals surface area contributed by atoms with Crippen LogP contribution in [-0.2, 0) is 21.4 Å². The minimum Gasteiger partial charge on any atom is -0.325 e. The van der Waals surface area contributed by atoms with E-state index in [1.54, 1.807) is 0 Å². The fourth-order valence-corrected chi connectivity index (χ4v) is 4.92. The van der Waals surface area contributed by atoms with Gasteiger partial charge in [0.25, 0.3) is 0 Å². The van der Waals surface area contributed by atoms with Crippen LogP contribution >= 0.6 is 11.8 Å².